The quantitative estimate of drug-likeness (QED) is 0.251. The summed E-state index contributed by atoms with van der Waals surface area (Å²) in [6.45, 7) is 4.93. The van der Waals surface area contributed by atoms with Crippen molar-refractivity contribution in [2.45, 2.75) is 116 Å². The number of nitrogens with two attached hydrogens (primary N) is 2. The SMILES string of the molecule is CCCCCCCC/C=C\CCCCCCCCC(C)(N)CN. The molecular formula is C21H44N2. The molecule has 0 bridgehead atoms. The number of rotatable bonds is 17. The van der Waals surface area contributed by atoms with Gasteiger partial charge in [-0.25, -0.2) is 0 Å². The molecule has 0 fully saturated rings. The largest absolute Gasteiger partial charge is 0.329 e. The molecule has 0 aromatic carbocycles. The molecule has 0 saturated heterocycles. The average Bonchev–Trinajstić information content (AvgIpc) is 2.54. The molecule has 0 aromatic heterocycles. The lowest BCUT2D eigenvalue weighted by molar-refractivity contribution is 0.415. The highest BCUT2D eigenvalue weighted by atomic mass is 14.8. The molecule has 1 atom stereocenters. The van der Waals surface area contributed by atoms with Crippen LogP contribution in [0.15, 0.2) is 12.2 Å². The number of allylic oxidation sites excluding steroid dienone is 2. The third-order valence-corrected chi connectivity index (χ3v) is 4.73. The number of hydrogen-bond donors (Lipinski definition) is 2. The fourth-order valence-electron chi connectivity index (χ4n) is 2.88. The van der Waals surface area contributed by atoms with Gasteiger partial charge in [0.2, 0.25) is 0 Å². The van der Waals surface area contributed by atoms with E-state index >= 15 is 0 Å². The molecule has 0 aliphatic heterocycles. The molecule has 0 aliphatic rings. The molecule has 0 heterocycles. The van der Waals surface area contributed by atoms with Gasteiger partial charge in [-0.05, 0) is 39.0 Å². The van der Waals surface area contributed by atoms with E-state index in [0.717, 1.165) is 6.42 Å². The van der Waals surface area contributed by atoms with Crippen LogP contribution in [-0.4, -0.2) is 12.1 Å². The summed E-state index contributed by atoms with van der Waals surface area (Å²) in [4.78, 5) is 0. The fourth-order valence-corrected chi connectivity index (χ4v) is 2.88. The van der Waals surface area contributed by atoms with Gasteiger partial charge in [-0.1, -0.05) is 83.3 Å². The van der Waals surface area contributed by atoms with E-state index in [4.69, 9.17) is 11.5 Å². The zero-order chi connectivity index (χ0) is 17.2. The summed E-state index contributed by atoms with van der Waals surface area (Å²) in [6, 6.07) is 0. The van der Waals surface area contributed by atoms with Gasteiger partial charge in [0, 0.05) is 12.1 Å². The van der Waals surface area contributed by atoms with Crippen LogP contribution in [0.3, 0.4) is 0 Å². The third-order valence-electron chi connectivity index (χ3n) is 4.73. The van der Waals surface area contributed by atoms with Gasteiger partial charge in [0.05, 0.1) is 0 Å². The van der Waals surface area contributed by atoms with E-state index in [1.165, 1.54) is 89.9 Å². The van der Waals surface area contributed by atoms with Crippen LogP contribution in [0, 0.1) is 0 Å². The lowest BCUT2D eigenvalue weighted by Crippen LogP contribution is -2.43. The molecule has 2 nitrogen and oxygen atoms in total. The van der Waals surface area contributed by atoms with Crippen LogP contribution in [0.4, 0.5) is 0 Å². The molecular weight excluding hydrogens is 280 g/mol. The molecule has 0 rings (SSSR count). The molecule has 0 aliphatic carbocycles. The molecule has 2 heteroatoms. The minimum absolute atomic E-state index is 0.152. The summed E-state index contributed by atoms with van der Waals surface area (Å²) in [7, 11) is 0. The maximum absolute atomic E-state index is 6.04. The van der Waals surface area contributed by atoms with Crippen LogP contribution in [-0.2, 0) is 0 Å². The molecule has 138 valence electrons. The monoisotopic (exact) mass is 324 g/mol. The first-order valence-electron chi connectivity index (χ1n) is 10.3. The van der Waals surface area contributed by atoms with Crippen molar-refractivity contribution in [3.05, 3.63) is 12.2 Å². The second-order valence-corrected chi connectivity index (χ2v) is 7.55. The highest BCUT2D eigenvalue weighted by molar-refractivity contribution is 4.81. The minimum Gasteiger partial charge on any atom is -0.329 e. The Labute approximate surface area is 146 Å². The Morgan fingerprint density at radius 2 is 1.13 bits per heavy atom. The Balaban J connectivity index is 3.16. The van der Waals surface area contributed by atoms with Crippen molar-refractivity contribution >= 4 is 0 Å². The van der Waals surface area contributed by atoms with Gasteiger partial charge in [-0.15, -0.1) is 0 Å². The predicted octanol–water partition coefficient (Wildman–Crippen LogP) is 6.09. The maximum atomic E-state index is 6.04. The van der Waals surface area contributed by atoms with Crippen LogP contribution in [0.25, 0.3) is 0 Å². The molecule has 4 N–H and O–H groups in total. The highest BCUT2D eigenvalue weighted by Crippen LogP contribution is 2.13. The van der Waals surface area contributed by atoms with Crippen molar-refractivity contribution in [2.24, 2.45) is 11.5 Å². The van der Waals surface area contributed by atoms with E-state index in [9.17, 15) is 0 Å². The second kappa shape index (κ2) is 16.5. The van der Waals surface area contributed by atoms with Crippen molar-refractivity contribution < 1.29 is 0 Å². The van der Waals surface area contributed by atoms with E-state index in [1.807, 2.05) is 0 Å². The zero-order valence-corrected chi connectivity index (χ0v) is 16.1. The summed E-state index contributed by atoms with van der Waals surface area (Å²) in [5.41, 5.74) is 11.5. The Kier molecular flexibility index (Phi) is 16.3. The van der Waals surface area contributed by atoms with Gasteiger partial charge in [0.1, 0.15) is 0 Å². The topological polar surface area (TPSA) is 52.0 Å². The fraction of sp³-hybridized carbons (Fsp3) is 0.905. The standard InChI is InChI=1S/C21H44N2/c1-3-4-5-6-7-8-9-10-11-12-13-14-15-16-17-18-19-21(2,23)20-22/h10-11H,3-9,12-20,22-23H2,1-2H3/b11-10-. The summed E-state index contributed by atoms with van der Waals surface area (Å²) in [6.07, 6.45) is 24.8. The summed E-state index contributed by atoms with van der Waals surface area (Å²) in [5.74, 6) is 0. The van der Waals surface area contributed by atoms with Crippen LogP contribution < -0.4 is 11.5 Å². The minimum atomic E-state index is -0.152. The third kappa shape index (κ3) is 17.8. The molecule has 0 aromatic rings. The van der Waals surface area contributed by atoms with E-state index in [1.54, 1.807) is 0 Å². The van der Waals surface area contributed by atoms with Gasteiger partial charge in [-0.3, -0.25) is 0 Å². The molecule has 0 amide bonds. The van der Waals surface area contributed by atoms with Crippen LogP contribution in [0.5, 0.6) is 0 Å². The first-order valence-corrected chi connectivity index (χ1v) is 10.3. The van der Waals surface area contributed by atoms with Crippen LogP contribution in [0.1, 0.15) is 110 Å². The smallest absolute Gasteiger partial charge is 0.0249 e. The molecule has 0 radical (unpaired) electrons. The van der Waals surface area contributed by atoms with Gasteiger partial charge in [0.25, 0.3) is 0 Å². The normalized spacial score (nSPS) is 14.4. The molecule has 23 heavy (non-hydrogen) atoms. The maximum Gasteiger partial charge on any atom is 0.0249 e. The van der Waals surface area contributed by atoms with Crippen molar-refractivity contribution in [3.63, 3.8) is 0 Å². The van der Waals surface area contributed by atoms with Crippen LogP contribution in [0.2, 0.25) is 0 Å². The second-order valence-electron chi connectivity index (χ2n) is 7.55. The summed E-state index contributed by atoms with van der Waals surface area (Å²) in [5, 5.41) is 0. The Morgan fingerprint density at radius 1 is 0.696 bits per heavy atom. The number of unbranched alkanes of at least 4 members (excludes halogenated alkanes) is 12. The Hall–Kier alpha value is -0.340. The van der Waals surface area contributed by atoms with Crippen molar-refractivity contribution in [2.75, 3.05) is 6.54 Å². The van der Waals surface area contributed by atoms with E-state index in [0.29, 0.717) is 6.54 Å². The Morgan fingerprint density at radius 3 is 1.61 bits per heavy atom. The summed E-state index contributed by atoms with van der Waals surface area (Å²) >= 11 is 0. The van der Waals surface area contributed by atoms with E-state index < -0.39 is 0 Å². The lowest BCUT2D eigenvalue weighted by Gasteiger charge is -2.21. The first-order chi connectivity index (χ1) is 11.1. The van der Waals surface area contributed by atoms with Crippen molar-refractivity contribution in [1.82, 2.24) is 0 Å². The molecule has 0 saturated carbocycles. The van der Waals surface area contributed by atoms with Crippen molar-refractivity contribution in [3.8, 4) is 0 Å². The van der Waals surface area contributed by atoms with Gasteiger partial charge in [-0.2, -0.15) is 0 Å². The average molecular weight is 325 g/mol. The summed E-state index contributed by atoms with van der Waals surface area (Å²) < 4.78 is 0. The Bertz CT molecular complexity index is 259. The predicted molar refractivity (Wildman–Crippen MR) is 106 cm³/mol. The van der Waals surface area contributed by atoms with E-state index in [-0.39, 0.29) is 5.54 Å². The van der Waals surface area contributed by atoms with E-state index in [2.05, 4.69) is 26.0 Å². The van der Waals surface area contributed by atoms with Crippen LogP contribution >= 0.6 is 0 Å². The van der Waals surface area contributed by atoms with Gasteiger partial charge in [0.15, 0.2) is 0 Å². The first kappa shape index (κ1) is 22.7. The van der Waals surface area contributed by atoms with Gasteiger partial charge >= 0.3 is 0 Å². The molecule has 1 unspecified atom stereocenters. The lowest BCUT2D eigenvalue weighted by atomic mass is 9.95. The van der Waals surface area contributed by atoms with Gasteiger partial charge < -0.3 is 11.5 Å². The molecule has 0 spiro atoms. The highest BCUT2D eigenvalue weighted by Gasteiger charge is 2.14. The number of hydrogen-bond acceptors (Lipinski definition) is 2. The van der Waals surface area contributed by atoms with Crippen molar-refractivity contribution in [1.29, 1.82) is 0 Å². The zero-order valence-electron chi connectivity index (χ0n) is 16.1.